The summed E-state index contributed by atoms with van der Waals surface area (Å²) in [5, 5.41) is 2.87. The van der Waals surface area contributed by atoms with Gasteiger partial charge in [0.1, 0.15) is 17.3 Å². The molecule has 1 atom stereocenters. The lowest BCUT2D eigenvalue weighted by atomic mass is 10.1. The van der Waals surface area contributed by atoms with Gasteiger partial charge in [0.15, 0.2) is 15.6 Å². The molecule has 0 bridgehead atoms. The lowest BCUT2D eigenvalue weighted by Gasteiger charge is -2.14. The predicted molar refractivity (Wildman–Crippen MR) is 119 cm³/mol. The molecule has 3 rings (SSSR count). The number of amides is 1. The number of carbonyl (C=O) groups is 1. The second kappa shape index (κ2) is 10.3. The highest BCUT2D eigenvalue weighted by atomic mass is 32.2. The molecular weight excluding hydrogens is 414 g/mol. The molecular formula is C24H27NO5S. The number of nitrogens with one attached hydrogen (secondary N) is 1. The highest BCUT2D eigenvalue weighted by Gasteiger charge is 2.20. The first-order chi connectivity index (χ1) is 14.9. The maximum absolute atomic E-state index is 12.5. The van der Waals surface area contributed by atoms with E-state index in [0.29, 0.717) is 6.61 Å². The van der Waals surface area contributed by atoms with Crippen LogP contribution >= 0.6 is 0 Å². The molecule has 2 aromatic carbocycles. The van der Waals surface area contributed by atoms with E-state index in [1.54, 1.807) is 18.2 Å². The zero-order chi connectivity index (χ0) is 22.3. The lowest BCUT2D eigenvalue weighted by molar-refractivity contribution is 0.0910. The van der Waals surface area contributed by atoms with Crippen LogP contribution in [0, 0.1) is 0 Å². The van der Waals surface area contributed by atoms with Crippen molar-refractivity contribution in [2.75, 3.05) is 6.61 Å². The molecule has 164 valence electrons. The van der Waals surface area contributed by atoms with Crippen LogP contribution < -0.4 is 10.1 Å². The smallest absolute Gasteiger partial charge is 0.287 e. The van der Waals surface area contributed by atoms with Crippen molar-refractivity contribution in [3.05, 3.63) is 83.8 Å². The summed E-state index contributed by atoms with van der Waals surface area (Å²) in [6, 6.07) is 18.5. The second-order valence-electron chi connectivity index (χ2n) is 7.30. The highest BCUT2D eigenvalue weighted by Crippen LogP contribution is 2.20. The second-order valence-corrected chi connectivity index (χ2v) is 9.29. The van der Waals surface area contributed by atoms with Gasteiger partial charge in [0.05, 0.1) is 17.5 Å². The molecule has 0 aliphatic rings. The largest absolute Gasteiger partial charge is 0.494 e. The molecule has 0 fully saturated rings. The Labute approximate surface area is 183 Å². The summed E-state index contributed by atoms with van der Waals surface area (Å²) in [7, 11) is -3.54. The number of sulfone groups is 1. The molecule has 3 aromatic rings. The van der Waals surface area contributed by atoms with E-state index in [9.17, 15) is 13.2 Å². The van der Waals surface area contributed by atoms with Crippen LogP contribution in [0.3, 0.4) is 0 Å². The normalized spacial score (nSPS) is 12.3. The van der Waals surface area contributed by atoms with E-state index < -0.39 is 15.7 Å². The third-order valence-corrected chi connectivity index (χ3v) is 6.47. The van der Waals surface area contributed by atoms with Crippen LogP contribution in [0.25, 0.3) is 0 Å². The zero-order valence-electron chi connectivity index (χ0n) is 17.7. The van der Waals surface area contributed by atoms with Crippen molar-refractivity contribution in [1.29, 1.82) is 0 Å². The topological polar surface area (TPSA) is 85.6 Å². The van der Waals surface area contributed by atoms with Gasteiger partial charge >= 0.3 is 0 Å². The quantitative estimate of drug-likeness (QED) is 0.451. The van der Waals surface area contributed by atoms with Crippen LogP contribution in [0.1, 0.15) is 54.6 Å². The Balaban J connectivity index is 1.59. The first-order valence-corrected chi connectivity index (χ1v) is 11.9. The van der Waals surface area contributed by atoms with Gasteiger partial charge in [0.2, 0.25) is 0 Å². The highest BCUT2D eigenvalue weighted by molar-refractivity contribution is 7.90. The van der Waals surface area contributed by atoms with E-state index >= 15 is 0 Å². The standard InChI is InChI=1S/C24H27NO5S/c1-3-4-16-29-20-12-10-19(11-13-20)18(2)25-24(26)23-15-14-21(30-23)17-31(27,28)22-8-6-5-7-9-22/h5-15,18H,3-4,16-17H2,1-2H3,(H,25,26). The molecule has 0 aliphatic carbocycles. The van der Waals surface area contributed by atoms with Crippen molar-refractivity contribution in [3.63, 3.8) is 0 Å². The Hall–Kier alpha value is -3.06. The summed E-state index contributed by atoms with van der Waals surface area (Å²) in [5.41, 5.74) is 0.926. The van der Waals surface area contributed by atoms with Crippen molar-refractivity contribution in [3.8, 4) is 5.75 Å². The van der Waals surface area contributed by atoms with Gasteiger partial charge < -0.3 is 14.5 Å². The minimum atomic E-state index is -3.54. The third kappa shape index (κ3) is 6.21. The molecule has 1 unspecified atom stereocenters. The Kier molecular flexibility index (Phi) is 7.52. The monoisotopic (exact) mass is 441 g/mol. The van der Waals surface area contributed by atoms with E-state index in [4.69, 9.17) is 9.15 Å². The summed E-state index contributed by atoms with van der Waals surface area (Å²) in [5.74, 6) is 0.379. The van der Waals surface area contributed by atoms with Crippen LogP contribution in [-0.2, 0) is 15.6 Å². The van der Waals surface area contributed by atoms with E-state index in [1.807, 2.05) is 31.2 Å². The molecule has 6 nitrogen and oxygen atoms in total. The van der Waals surface area contributed by atoms with E-state index in [0.717, 1.165) is 24.2 Å². The number of hydrogen-bond donors (Lipinski definition) is 1. The van der Waals surface area contributed by atoms with Crippen molar-refractivity contribution >= 4 is 15.7 Å². The number of rotatable bonds is 10. The number of hydrogen-bond acceptors (Lipinski definition) is 5. The molecule has 1 heterocycles. The van der Waals surface area contributed by atoms with Crippen molar-refractivity contribution in [2.24, 2.45) is 0 Å². The summed E-state index contributed by atoms with van der Waals surface area (Å²) in [6.07, 6.45) is 2.08. The van der Waals surface area contributed by atoms with Gasteiger partial charge in [0.25, 0.3) is 5.91 Å². The van der Waals surface area contributed by atoms with Crippen LogP contribution in [0.5, 0.6) is 5.75 Å². The molecule has 0 radical (unpaired) electrons. The predicted octanol–water partition coefficient (Wildman–Crippen LogP) is 4.92. The molecule has 0 saturated heterocycles. The Bertz CT molecular complexity index is 1090. The number of benzene rings is 2. The van der Waals surface area contributed by atoms with Crippen molar-refractivity contribution < 1.29 is 22.4 Å². The van der Waals surface area contributed by atoms with E-state index in [2.05, 4.69) is 12.2 Å². The minimum absolute atomic E-state index is 0.0737. The van der Waals surface area contributed by atoms with Crippen LogP contribution in [0.2, 0.25) is 0 Å². The van der Waals surface area contributed by atoms with E-state index in [-0.39, 0.29) is 28.2 Å². The minimum Gasteiger partial charge on any atom is -0.494 e. The maximum Gasteiger partial charge on any atom is 0.287 e. The molecule has 31 heavy (non-hydrogen) atoms. The molecule has 0 saturated carbocycles. The number of unbranched alkanes of at least 4 members (excludes halogenated alkanes) is 1. The van der Waals surface area contributed by atoms with Crippen LogP contribution in [-0.4, -0.2) is 20.9 Å². The Morgan fingerprint density at radius 2 is 1.74 bits per heavy atom. The SMILES string of the molecule is CCCCOc1ccc(C(C)NC(=O)c2ccc(CS(=O)(=O)c3ccccc3)o2)cc1. The fourth-order valence-corrected chi connectivity index (χ4v) is 4.28. The van der Waals surface area contributed by atoms with Gasteiger partial charge in [0, 0.05) is 0 Å². The summed E-state index contributed by atoms with van der Waals surface area (Å²) in [4.78, 5) is 12.8. The molecule has 1 N–H and O–H groups in total. The van der Waals surface area contributed by atoms with E-state index in [1.165, 1.54) is 24.3 Å². The van der Waals surface area contributed by atoms with Gasteiger partial charge in [-0.3, -0.25) is 4.79 Å². The molecule has 0 aliphatic heterocycles. The third-order valence-electron chi connectivity index (χ3n) is 4.81. The first kappa shape index (κ1) is 22.6. The van der Waals surface area contributed by atoms with Crippen LogP contribution in [0.15, 0.2) is 76.0 Å². The van der Waals surface area contributed by atoms with Crippen LogP contribution in [0.4, 0.5) is 0 Å². The summed E-state index contributed by atoms with van der Waals surface area (Å²) >= 11 is 0. The number of carbonyl (C=O) groups excluding carboxylic acids is 1. The Morgan fingerprint density at radius 1 is 1.03 bits per heavy atom. The summed E-state index contributed by atoms with van der Waals surface area (Å²) in [6.45, 7) is 4.67. The van der Waals surface area contributed by atoms with Crippen molar-refractivity contribution in [1.82, 2.24) is 5.32 Å². The lowest BCUT2D eigenvalue weighted by Crippen LogP contribution is -2.26. The van der Waals surface area contributed by atoms with Gasteiger partial charge in [-0.15, -0.1) is 0 Å². The zero-order valence-corrected chi connectivity index (χ0v) is 18.5. The van der Waals surface area contributed by atoms with Gasteiger partial charge in [-0.2, -0.15) is 0 Å². The van der Waals surface area contributed by atoms with Gasteiger partial charge in [-0.25, -0.2) is 8.42 Å². The van der Waals surface area contributed by atoms with Gasteiger partial charge in [-0.05, 0) is 55.3 Å². The molecule has 1 aromatic heterocycles. The fraction of sp³-hybridized carbons (Fsp3) is 0.292. The summed E-state index contributed by atoms with van der Waals surface area (Å²) < 4.78 is 36.1. The van der Waals surface area contributed by atoms with Gasteiger partial charge in [-0.1, -0.05) is 43.7 Å². The van der Waals surface area contributed by atoms with Crippen molar-refractivity contribution in [2.45, 2.75) is 43.4 Å². The fourth-order valence-electron chi connectivity index (χ4n) is 3.01. The average molecular weight is 442 g/mol. The molecule has 7 heteroatoms. The Morgan fingerprint density at radius 3 is 2.42 bits per heavy atom. The first-order valence-electron chi connectivity index (χ1n) is 10.3. The molecule has 0 spiro atoms. The average Bonchev–Trinajstić information content (AvgIpc) is 3.23. The maximum atomic E-state index is 12.5. The number of ether oxygens (including phenoxy) is 1. The molecule has 1 amide bonds. The number of furan rings is 1.